The molecule has 6 nitrogen and oxygen atoms in total. The zero-order valence-corrected chi connectivity index (χ0v) is 21.1. The highest BCUT2D eigenvalue weighted by atomic mass is 16.5. The van der Waals surface area contributed by atoms with Gasteiger partial charge in [-0.15, -0.1) is 6.58 Å². The average molecular weight is 484 g/mol. The standard InChI is InChI=1S/C30H33N3O3/c1-5-30(3,34)22-32(20-24-14-8-6-9-15-24)21-26-23(2)31-33(25-16-10-7-11-17-25)29(26)36-28-19-13-12-18-27(28)35-4/h5-19,34H,1,20-22H2,2-4H3. The van der Waals surface area contributed by atoms with E-state index in [9.17, 15) is 5.11 Å². The van der Waals surface area contributed by atoms with Gasteiger partial charge in [-0.2, -0.15) is 5.10 Å². The number of rotatable bonds is 11. The average Bonchev–Trinajstić information content (AvgIpc) is 3.20. The van der Waals surface area contributed by atoms with Crippen molar-refractivity contribution < 1.29 is 14.6 Å². The fraction of sp³-hybridized carbons (Fsp3) is 0.233. The van der Waals surface area contributed by atoms with Gasteiger partial charge >= 0.3 is 0 Å². The molecule has 0 aliphatic carbocycles. The van der Waals surface area contributed by atoms with E-state index in [4.69, 9.17) is 14.6 Å². The first-order valence-corrected chi connectivity index (χ1v) is 12.0. The number of aliphatic hydroxyl groups is 1. The molecule has 0 amide bonds. The summed E-state index contributed by atoms with van der Waals surface area (Å²) in [6.45, 7) is 9.13. The molecule has 1 atom stereocenters. The minimum absolute atomic E-state index is 0.398. The fourth-order valence-electron chi connectivity index (χ4n) is 4.13. The minimum atomic E-state index is -1.05. The summed E-state index contributed by atoms with van der Waals surface area (Å²) in [7, 11) is 1.63. The molecule has 1 aromatic heterocycles. The summed E-state index contributed by atoms with van der Waals surface area (Å²) in [6.07, 6.45) is 1.58. The maximum Gasteiger partial charge on any atom is 0.227 e. The van der Waals surface area contributed by atoms with Crippen LogP contribution in [-0.4, -0.2) is 39.0 Å². The third-order valence-electron chi connectivity index (χ3n) is 6.03. The third-order valence-corrected chi connectivity index (χ3v) is 6.03. The molecule has 0 saturated carbocycles. The Morgan fingerprint density at radius 1 is 0.944 bits per heavy atom. The molecule has 4 aromatic rings. The second-order valence-electron chi connectivity index (χ2n) is 9.06. The number of benzene rings is 3. The molecule has 36 heavy (non-hydrogen) atoms. The van der Waals surface area contributed by atoms with Crippen LogP contribution in [0.4, 0.5) is 0 Å². The molecule has 3 aromatic carbocycles. The molecule has 0 bridgehead atoms. The van der Waals surface area contributed by atoms with Crippen molar-refractivity contribution in [1.82, 2.24) is 14.7 Å². The maximum absolute atomic E-state index is 10.8. The molecular formula is C30H33N3O3. The predicted molar refractivity (Wildman–Crippen MR) is 143 cm³/mol. The number of nitrogens with zero attached hydrogens (tertiary/aromatic N) is 3. The van der Waals surface area contributed by atoms with E-state index in [1.54, 1.807) is 20.1 Å². The van der Waals surface area contributed by atoms with Gasteiger partial charge in [0.25, 0.3) is 0 Å². The van der Waals surface area contributed by atoms with Gasteiger partial charge in [-0.25, -0.2) is 4.68 Å². The van der Waals surface area contributed by atoms with Crippen molar-refractivity contribution in [3.8, 4) is 23.1 Å². The first kappa shape index (κ1) is 25.2. The molecule has 0 saturated heterocycles. The number of aromatic nitrogens is 2. The van der Waals surface area contributed by atoms with Gasteiger partial charge in [-0.3, -0.25) is 4.90 Å². The Morgan fingerprint density at radius 2 is 1.56 bits per heavy atom. The molecule has 4 rings (SSSR count). The number of methoxy groups -OCH3 is 1. The summed E-state index contributed by atoms with van der Waals surface area (Å²) in [4.78, 5) is 2.19. The van der Waals surface area contributed by atoms with Gasteiger partial charge < -0.3 is 14.6 Å². The second-order valence-corrected chi connectivity index (χ2v) is 9.06. The Hall–Kier alpha value is -3.87. The zero-order chi connectivity index (χ0) is 25.5. The van der Waals surface area contributed by atoms with Crippen LogP contribution in [0.2, 0.25) is 0 Å². The van der Waals surface area contributed by atoms with Crippen LogP contribution < -0.4 is 9.47 Å². The van der Waals surface area contributed by atoms with Crippen molar-refractivity contribution >= 4 is 0 Å². The van der Waals surface area contributed by atoms with E-state index in [1.165, 1.54) is 0 Å². The summed E-state index contributed by atoms with van der Waals surface area (Å²) in [5.41, 5.74) is 2.77. The van der Waals surface area contributed by atoms with Gasteiger partial charge in [0.1, 0.15) is 0 Å². The van der Waals surface area contributed by atoms with Gasteiger partial charge in [0.2, 0.25) is 5.88 Å². The van der Waals surface area contributed by atoms with Crippen LogP contribution in [0.1, 0.15) is 23.7 Å². The van der Waals surface area contributed by atoms with Crippen molar-refractivity contribution in [3.63, 3.8) is 0 Å². The van der Waals surface area contributed by atoms with Crippen LogP contribution in [0.5, 0.6) is 17.4 Å². The number of hydrogen-bond acceptors (Lipinski definition) is 5. The van der Waals surface area contributed by atoms with Crippen LogP contribution in [-0.2, 0) is 13.1 Å². The summed E-state index contributed by atoms with van der Waals surface area (Å²) < 4.78 is 13.9. The van der Waals surface area contributed by atoms with Crippen LogP contribution >= 0.6 is 0 Å². The smallest absolute Gasteiger partial charge is 0.227 e. The lowest BCUT2D eigenvalue weighted by molar-refractivity contribution is 0.0552. The highest BCUT2D eigenvalue weighted by Gasteiger charge is 2.26. The second kappa shape index (κ2) is 11.2. The Labute approximate surface area is 213 Å². The molecule has 186 valence electrons. The molecule has 1 unspecified atom stereocenters. The monoisotopic (exact) mass is 483 g/mol. The quantitative estimate of drug-likeness (QED) is 0.268. The molecule has 0 radical (unpaired) electrons. The topological polar surface area (TPSA) is 59.8 Å². The van der Waals surface area contributed by atoms with Crippen molar-refractivity contribution in [1.29, 1.82) is 0 Å². The maximum atomic E-state index is 10.8. The Balaban J connectivity index is 1.77. The molecule has 0 aliphatic heterocycles. The summed E-state index contributed by atoms with van der Waals surface area (Å²) in [5.74, 6) is 1.85. The van der Waals surface area contributed by atoms with E-state index in [2.05, 4.69) is 23.6 Å². The van der Waals surface area contributed by atoms with Gasteiger partial charge in [-0.1, -0.05) is 66.7 Å². The Morgan fingerprint density at radius 3 is 2.19 bits per heavy atom. The number of ether oxygens (including phenoxy) is 2. The van der Waals surface area contributed by atoms with Gasteiger partial charge in [-0.05, 0) is 43.7 Å². The van der Waals surface area contributed by atoms with Gasteiger partial charge in [0.15, 0.2) is 11.5 Å². The van der Waals surface area contributed by atoms with E-state index >= 15 is 0 Å². The third kappa shape index (κ3) is 6.03. The SMILES string of the molecule is C=CC(C)(O)CN(Cc1ccccc1)Cc1c(C)nn(-c2ccccc2)c1Oc1ccccc1OC. The minimum Gasteiger partial charge on any atom is -0.493 e. The van der Waals surface area contributed by atoms with Crippen molar-refractivity contribution in [3.05, 3.63) is 114 Å². The molecule has 1 heterocycles. The molecule has 0 fully saturated rings. The summed E-state index contributed by atoms with van der Waals surface area (Å²) >= 11 is 0. The van der Waals surface area contributed by atoms with E-state index in [1.807, 2.05) is 84.4 Å². The normalized spacial score (nSPS) is 12.8. The lowest BCUT2D eigenvalue weighted by atomic mass is 10.1. The zero-order valence-electron chi connectivity index (χ0n) is 21.1. The van der Waals surface area contributed by atoms with Crippen molar-refractivity contribution in [2.45, 2.75) is 32.5 Å². The van der Waals surface area contributed by atoms with E-state index in [0.29, 0.717) is 37.0 Å². The van der Waals surface area contributed by atoms with Crippen LogP contribution in [0.25, 0.3) is 5.69 Å². The Bertz CT molecular complexity index is 1280. The van der Waals surface area contributed by atoms with E-state index < -0.39 is 5.60 Å². The highest BCUT2D eigenvalue weighted by molar-refractivity contribution is 5.47. The first-order valence-electron chi connectivity index (χ1n) is 12.0. The molecule has 1 N–H and O–H groups in total. The van der Waals surface area contributed by atoms with Crippen LogP contribution in [0, 0.1) is 6.92 Å². The van der Waals surface area contributed by atoms with Crippen LogP contribution in [0.15, 0.2) is 97.6 Å². The lowest BCUT2D eigenvalue weighted by Crippen LogP contribution is -2.38. The van der Waals surface area contributed by atoms with Gasteiger partial charge in [0.05, 0.1) is 29.7 Å². The van der Waals surface area contributed by atoms with E-state index in [-0.39, 0.29) is 0 Å². The molecule has 6 heteroatoms. The van der Waals surface area contributed by atoms with Crippen LogP contribution in [0.3, 0.4) is 0 Å². The first-order chi connectivity index (χ1) is 17.4. The molecule has 0 aliphatic rings. The highest BCUT2D eigenvalue weighted by Crippen LogP contribution is 2.36. The lowest BCUT2D eigenvalue weighted by Gasteiger charge is -2.30. The van der Waals surface area contributed by atoms with Crippen molar-refractivity contribution in [2.24, 2.45) is 0 Å². The Kier molecular flexibility index (Phi) is 7.88. The molecule has 0 spiro atoms. The summed E-state index contributed by atoms with van der Waals surface area (Å²) in [6, 6.07) is 27.7. The largest absolute Gasteiger partial charge is 0.493 e. The van der Waals surface area contributed by atoms with Gasteiger partial charge in [0, 0.05) is 19.6 Å². The number of aryl methyl sites for hydroxylation is 1. The predicted octanol–water partition coefficient (Wildman–Crippen LogP) is 5.92. The summed E-state index contributed by atoms with van der Waals surface area (Å²) in [5, 5.41) is 15.7. The molecular weight excluding hydrogens is 450 g/mol. The van der Waals surface area contributed by atoms with E-state index in [0.717, 1.165) is 22.5 Å². The fourth-order valence-corrected chi connectivity index (χ4v) is 4.13. The number of hydrogen-bond donors (Lipinski definition) is 1. The van der Waals surface area contributed by atoms with Crippen molar-refractivity contribution in [2.75, 3.05) is 13.7 Å². The number of para-hydroxylation sites is 3.